The van der Waals surface area contributed by atoms with Crippen LogP contribution in [0.5, 0.6) is 5.75 Å². The van der Waals surface area contributed by atoms with Crippen LogP contribution in [0.3, 0.4) is 0 Å². The Hall–Kier alpha value is -3.19. The lowest BCUT2D eigenvalue weighted by molar-refractivity contribution is -0.122. The summed E-state index contributed by atoms with van der Waals surface area (Å²) in [5, 5.41) is 10.9. The summed E-state index contributed by atoms with van der Waals surface area (Å²) in [7, 11) is 1.37. The molecule has 0 radical (unpaired) electrons. The molecule has 0 unspecified atom stereocenters. The van der Waals surface area contributed by atoms with E-state index < -0.39 is 22.7 Å². The molecule has 2 aromatic rings. The summed E-state index contributed by atoms with van der Waals surface area (Å²) in [6, 6.07) is 7.90. The van der Waals surface area contributed by atoms with Crippen LogP contribution in [0.2, 0.25) is 0 Å². The molecule has 2 rings (SSSR count). The smallest absolute Gasteiger partial charge is 0.351 e. The molecule has 1 aromatic carbocycles. The number of benzene rings is 1. The van der Waals surface area contributed by atoms with E-state index in [1.54, 1.807) is 24.3 Å². The number of nitrogens with zero attached hydrogens (tertiary/aromatic N) is 1. The van der Waals surface area contributed by atoms with Gasteiger partial charge in [0.15, 0.2) is 5.78 Å². The lowest BCUT2D eigenvalue weighted by Crippen LogP contribution is -2.26. The number of ketones is 1. The summed E-state index contributed by atoms with van der Waals surface area (Å²) in [6.45, 7) is 2.85. The molecule has 0 saturated heterocycles. The van der Waals surface area contributed by atoms with Gasteiger partial charge in [0.1, 0.15) is 17.1 Å². The number of aryl methyl sites for hydroxylation is 1. The minimum Gasteiger partial charge on any atom is -0.507 e. The fraction of sp³-hybridized carbons (Fsp3) is 0.167. The number of anilines is 1. The Balaban J connectivity index is 2.30. The normalized spacial score (nSPS) is 10.8. The number of carbonyl (C=O) groups excluding carboxylic acids is 2. The van der Waals surface area contributed by atoms with Gasteiger partial charge in [0.25, 0.3) is 0 Å². The third kappa shape index (κ3) is 4.21. The standard InChI is InChI=1S/C18H17NO6/c1-11-9-16(22)17(18(23)25-11)15(21)8-7-13-5-4-6-14(10-13)19(24-3)12(2)20/h4-10,22H,1-3H3/b8-7+. The van der Waals surface area contributed by atoms with E-state index in [0.29, 0.717) is 11.3 Å². The molecule has 0 aliphatic rings. The Morgan fingerprint density at radius 3 is 2.60 bits per heavy atom. The van der Waals surface area contributed by atoms with Crippen molar-refractivity contribution in [3.8, 4) is 5.75 Å². The summed E-state index contributed by atoms with van der Waals surface area (Å²) < 4.78 is 4.82. The number of carbonyl (C=O) groups is 2. The van der Waals surface area contributed by atoms with Gasteiger partial charge >= 0.3 is 5.63 Å². The fourth-order valence-electron chi connectivity index (χ4n) is 2.25. The number of amides is 1. The zero-order valence-electron chi connectivity index (χ0n) is 14.0. The predicted molar refractivity (Wildman–Crippen MR) is 91.4 cm³/mol. The van der Waals surface area contributed by atoms with Crippen molar-refractivity contribution in [2.75, 3.05) is 12.2 Å². The van der Waals surface area contributed by atoms with Gasteiger partial charge in [0, 0.05) is 13.0 Å². The van der Waals surface area contributed by atoms with Crippen molar-refractivity contribution in [2.24, 2.45) is 0 Å². The first-order valence-electron chi connectivity index (χ1n) is 7.34. The molecular formula is C18H17NO6. The summed E-state index contributed by atoms with van der Waals surface area (Å²) in [4.78, 5) is 40.4. The quantitative estimate of drug-likeness (QED) is 0.509. The summed E-state index contributed by atoms with van der Waals surface area (Å²) in [6.07, 6.45) is 2.60. The lowest BCUT2D eigenvalue weighted by atomic mass is 10.1. The molecule has 1 heterocycles. The van der Waals surface area contributed by atoms with Crippen LogP contribution in [0.4, 0.5) is 5.69 Å². The molecular weight excluding hydrogens is 326 g/mol. The molecule has 0 aliphatic carbocycles. The number of aromatic hydroxyl groups is 1. The molecule has 0 spiro atoms. The molecule has 0 aliphatic heterocycles. The van der Waals surface area contributed by atoms with E-state index in [1.807, 2.05) is 0 Å². The molecule has 0 fully saturated rings. The van der Waals surface area contributed by atoms with Crippen LogP contribution in [0, 0.1) is 6.92 Å². The van der Waals surface area contributed by atoms with Crippen LogP contribution in [0.15, 0.2) is 45.6 Å². The van der Waals surface area contributed by atoms with E-state index in [1.165, 1.54) is 33.1 Å². The maximum Gasteiger partial charge on any atom is 0.351 e. The van der Waals surface area contributed by atoms with Crippen molar-refractivity contribution in [2.45, 2.75) is 13.8 Å². The maximum atomic E-state index is 12.2. The summed E-state index contributed by atoms with van der Waals surface area (Å²) in [5.74, 6) is -1.22. The van der Waals surface area contributed by atoms with Gasteiger partial charge in [-0.3, -0.25) is 14.4 Å². The van der Waals surface area contributed by atoms with Crippen LogP contribution < -0.4 is 10.7 Å². The van der Waals surface area contributed by atoms with E-state index in [-0.39, 0.29) is 11.7 Å². The molecule has 1 amide bonds. The molecule has 130 valence electrons. The van der Waals surface area contributed by atoms with Crippen molar-refractivity contribution in [1.82, 2.24) is 0 Å². The summed E-state index contributed by atoms with van der Waals surface area (Å²) in [5.41, 5.74) is -0.240. The van der Waals surface area contributed by atoms with E-state index in [4.69, 9.17) is 9.25 Å². The molecule has 7 nitrogen and oxygen atoms in total. The van der Waals surface area contributed by atoms with Crippen LogP contribution in [-0.2, 0) is 9.63 Å². The van der Waals surface area contributed by atoms with Crippen LogP contribution in [0.25, 0.3) is 6.08 Å². The van der Waals surface area contributed by atoms with Gasteiger partial charge in [-0.05, 0) is 30.7 Å². The first-order valence-corrected chi connectivity index (χ1v) is 7.34. The Morgan fingerprint density at radius 2 is 2.00 bits per heavy atom. The van der Waals surface area contributed by atoms with Gasteiger partial charge in [-0.15, -0.1) is 0 Å². The molecule has 7 heteroatoms. The highest BCUT2D eigenvalue weighted by molar-refractivity contribution is 6.08. The molecule has 0 saturated carbocycles. The SMILES string of the molecule is CON(C(C)=O)c1cccc(/C=C/C(=O)c2c(O)cc(C)oc2=O)c1. The average Bonchev–Trinajstić information content (AvgIpc) is 2.52. The van der Waals surface area contributed by atoms with Crippen molar-refractivity contribution in [3.63, 3.8) is 0 Å². The topological polar surface area (TPSA) is 97.1 Å². The third-order valence-electron chi connectivity index (χ3n) is 3.30. The second-order valence-electron chi connectivity index (χ2n) is 5.19. The van der Waals surface area contributed by atoms with Gasteiger partial charge in [-0.2, -0.15) is 5.06 Å². The molecule has 25 heavy (non-hydrogen) atoms. The minimum atomic E-state index is -0.900. The van der Waals surface area contributed by atoms with E-state index in [9.17, 15) is 19.5 Å². The van der Waals surface area contributed by atoms with Crippen LogP contribution in [0.1, 0.15) is 28.6 Å². The van der Waals surface area contributed by atoms with Gasteiger partial charge in [-0.1, -0.05) is 18.2 Å². The van der Waals surface area contributed by atoms with Crippen LogP contribution >= 0.6 is 0 Å². The zero-order valence-corrected chi connectivity index (χ0v) is 14.0. The Labute approximate surface area is 143 Å². The van der Waals surface area contributed by atoms with E-state index in [0.717, 1.165) is 11.1 Å². The van der Waals surface area contributed by atoms with Gasteiger partial charge in [-0.25, -0.2) is 4.79 Å². The first kappa shape index (κ1) is 18.2. The van der Waals surface area contributed by atoms with Crippen molar-refractivity contribution in [1.29, 1.82) is 0 Å². The van der Waals surface area contributed by atoms with Gasteiger partial charge in [0.05, 0.1) is 12.8 Å². The number of hydrogen-bond donors (Lipinski definition) is 1. The summed E-state index contributed by atoms with van der Waals surface area (Å²) >= 11 is 0. The largest absolute Gasteiger partial charge is 0.507 e. The highest BCUT2D eigenvalue weighted by atomic mass is 16.7. The monoisotopic (exact) mass is 343 g/mol. The van der Waals surface area contributed by atoms with Crippen molar-refractivity contribution in [3.05, 3.63) is 63.7 Å². The fourth-order valence-corrected chi connectivity index (χ4v) is 2.25. The van der Waals surface area contributed by atoms with E-state index in [2.05, 4.69) is 0 Å². The third-order valence-corrected chi connectivity index (χ3v) is 3.30. The first-order chi connectivity index (χ1) is 11.8. The predicted octanol–water partition coefficient (Wildman–Crippen LogP) is 2.46. The second kappa shape index (κ2) is 7.59. The molecule has 1 N–H and O–H groups in total. The number of hydroxylamine groups is 1. The Morgan fingerprint density at radius 1 is 1.28 bits per heavy atom. The number of hydrogen-bond acceptors (Lipinski definition) is 6. The molecule has 1 aromatic heterocycles. The highest BCUT2D eigenvalue weighted by Crippen LogP contribution is 2.19. The lowest BCUT2D eigenvalue weighted by Gasteiger charge is -2.17. The second-order valence-corrected chi connectivity index (χ2v) is 5.19. The number of rotatable bonds is 5. The average molecular weight is 343 g/mol. The Kier molecular flexibility index (Phi) is 5.51. The maximum absolute atomic E-state index is 12.2. The van der Waals surface area contributed by atoms with E-state index >= 15 is 0 Å². The van der Waals surface area contributed by atoms with Crippen molar-refractivity contribution < 1.29 is 24.0 Å². The zero-order chi connectivity index (χ0) is 18.6. The Bertz CT molecular complexity index is 897. The minimum absolute atomic E-state index is 0.208. The van der Waals surface area contributed by atoms with Crippen LogP contribution in [-0.4, -0.2) is 23.9 Å². The molecule has 0 atom stereocenters. The van der Waals surface area contributed by atoms with Gasteiger partial charge in [0.2, 0.25) is 5.91 Å². The molecule has 0 bridgehead atoms. The van der Waals surface area contributed by atoms with Gasteiger partial charge < -0.3 is 9.52 Å². The van der Waals surface area contributed by atoms with Crippen molar-refractivity contribution >= 4 is 23.5 Å². The highest BCUT2D eigenvalue weighted by Gasteiger charge is 2.16. The number of allylic oxidation sites excluding steroid dienone is 1.